The predicted octanol–water partition coefficient (Wildman–Crippen LogP) is 5.03. The maximum absolute atomic E-state index is 6.57. The molecule has 5 heteroatoms. The van der Waals surface area contributed by atoms with Crippen molar-refractivity contribution in [2.75, 3.05) is 13.2 Å². The summed E-state index contributed by atoms with van der Waals surface area (Å²) in [5.74, 6) is 3.09. The predicted molar refractivity (Wildman–Crippen MR) is 161 cm³/mol. The zero-order valence-corrected chi connectivity index (χ0v) is 25.7. The number of benzene rings is 4. The Labute approximate surface area is 249 Å². The fourth-order valence-corrected chi connectivity index (χ4v) is 5.04. The van der Waals surface area contributed by atoms with Crippen LogP contribution in [0.15, 0.2) is 91.3 Å². The van der Waals surface area contributed by atoms with Gasteiger partial charge in [-0.15, -0.1) is 0 Å². The van der Waals surface area contributed by atoms with Gasteiger partial charge in [-0.3, -0.25) is 0 Å². The van der Waals surface area contributed by atoms with Crippen LogP contribution in [0.1, 0.15) is 51.7 Å². The van der Waals surface area contributed by atoms with Crippen molar-refractivity contribution in [3.8, 4) is 11.5 Å². The molecule has 0 aliphatic carbocycles. The standard InChI is InChI=1S/C35H41N2O2.BrH/c1-26(2)18-20-38-34-22-29(35(39-21-19-27(3)4)31-15-9-8-14-30(31)34)24-37-25-36(23-28-12-6-5-7-13-28)32-16-10-11-17-33(32)37;/h5-17,22,25-27H,18-21,23-24H2,1-4H3;1H/q+1;/p-1. The van der Waals surface area contributed by atoms with Crippen molar-refractivity contribution in [2.45, 2.75) is 53.6 Å². The van der Waals surface area contributed by atoms with Crippen molar-refractivity contribution in [1.29, 1.82) is 0 Å². The number of halogens is 1. The molecule has 0 saturated heterocycles. The zero-order chi connectivity index (χ0) is 27.2. The van der Waals surface area contributed by atoms with Crippen LogP contribution in [-0.2, 0) is 13.1 Å². The van der Waals surface area contributed by atoms with Gasteiger partial charge in [0.05, 0.1) is 13.2 Å². The van der Waals surface area contributed by atoms with Crippen molar-refractivity contribution in [1.82, 2.24) is 4.57 Å². The summed E-state index contributed by atoms with van der Waals surface area (Å²) in [7, 11) is 0. The molecule has 5 rings (SSSR count). The number of nitrogens with zero attached hydrogens (tertiary/aromatic N) is 2. The second-order valence-electron chi connectivity index (χ2n) is 11.3. The van der Waals surface area contributed by atoms with Gasteiger partial charge < -0.3 is 26.5 Å². The van der Waals surface area contributed by atoms with Gasteiger partial charge >= 0.3 is 0 Å². The van der Waals surface area contributed by atoms with Crippen LogP contribution in [0.2, 0.25) is 0 Å². The summed E-state index contributed by atoms with van der Waals surface area (Å²) in [6.45, 7) is 11.9. The van der Waals surface area contributed by atoms with Crippen LogP contribution in [0.4, 0.5) is 0 Å². The van der Waals surface area contributed by atoms with Crippen LogP contribution in [-0.4, -0.2) is 17.8 Å². The van der Waals surface area contributed by atoms with Crippen LogP contribution < -0.4 is 31.0 Å². The number of rotatable bonds is 12. The summed E-state index contributed by atoms with van der Waals surface area (Å²) in [5.41, 5.74) is 4.86. The molecule has 0 fully saturated rings. The number of ether oxygens (including phenoxy) is 2. The van der Waals surface area contributed by atoms with E-state index in [2.05, 4.69) is 128 Å². The van der Waals surface area contributed by atoms with E-state index >= 15 is 0 Å². The van der Waals surface area contributed by atoms with Crippen LogP contribution >= 0.6 is 0 Å². The minimum Gasteiger partial charge on any atom is -1.00 e. The lowest BCUT2D eigenvalue weighted by molar-refractivity contribution is -0.663. The third-order valence-electron chi connectivity index (χ3n) is 7.24. The van der Waals surface area contributed by atoms with Gasteiger partial charge in [-0.25, -0.2) is 9.13 Å². The maximum atomic E-state index is 6.57. The first kappa shape index (κ1) is 29.7. The normalized spacial score (nSPS) is 11.3. The average molecular weight is 602 g/mol. The van der Waals surface area contributed by atoms with E-state index in [1.165, 1.54) is 16.6 Å². The van der Waals surface area contributed by atoms with E-state index in [0.717, 1.165) is 47.2 Å². The first-order chi connectivity index (χ1) is 19.0. The first-order valence-corrected chi connectivity index (χ1v) is 14.3. The molecule has 0 N–H and O–H groups in total. The van der Waals surface area contributed by atoms with Gasteiger partial charge in [0.1, 0.15) is 24.6 Å². The Kier molecular flexibility index (Phi) is 10.3. The Hall–Kier alpha value is -3.31. The van der Waals surface area contributed by atoms with Gasteiger partial charge in [-0.05, 0) is 48.4 Å². The van der Waals surface area contributed by atoms with E-state index in [-0.39, 0.29) is 17.0 Å². The Balaban J connectivity index is 0.00000370. The van der Waals surface area contributed by atoms with Gasteiger partial charge in [0, 0.05) is 16.3 Å². The topological polar surface area (TPSA) is 27.3 Å². The first-order valence-electron chi connectivity index (χ1n) is 14.3. The summed E-state index contributed by atoms with van der Waals surface area (Å²) in [6.07, 6.45) is 4.28. The molecule has 0 aliphatic heterocycles. The van der Waals surface area contributed by atoms with Gasteiger partial charge in [-0.2, -0.15) is 0 Å². The summed E-state index contributed by atoms with van der Waals surface area (Å²) >= 11 is 0. The lowest BCUT2D eigenvalue weighted by Crippen LogP contribution is -3.00. The molecule has 0 spiro atoms. The summed E-state index contributed by atoms with van der Waals surface area (Å²) in [4.78, 5) is 0. The van der Waals surface area contributed by atoms with Gasteiger partial charge in [0.15, 0.2) is 11.0 Å². The summed E-state index contributed by atoms with van der Waals surface area (Å²) < 4.78 is 17.7. The molecule has 0 atom stereocenters. The average Bonchev–Trinajstić information content (AvgIpc) is 3.27. The quantitative estimate of drug-likeness (QED) is 0.188. The van der Waals surface area contributed by atoms with Crippen LogP contribution in [0.25, 0.3) is 21.8 Å². The van der Waals surface area contributed by atoms with E-state index in [0.29, 0.717) is 31.6 Å². The Morgan fingerprint density at radius 1 is 0.725 bits per heavy atom. The number of aromatic nitrogens is 2. The number of para-hydroxylation sites is 2. The third-order valence-corrected chi connectivity index (χ3v) is 7.24. The lowest BCUT2D eigenvalue weighted by Gasteiger charge is -2.18. The van der Waals surface area contributed by atoms with E-state index in [1.54, 1.807) is 0 Å². The van der Waals surface area contributed by atoms with E-state index in [4.69, 9.17) is 9.47 Å². The molecule has 0 saturated carbocycles. The van der Waals surface area contributed by atoms with Crippen LogP contribution in [0.5, 0.6) is 11.5 Å². The fourth-order valence-electron chi connectivity index (χ4n) is 5.04. The SMILES string of the molecule is CC(C)CCOc1cc(Cn2c[n+](Cc3ccccc3)c3ccccc32)c(OCCC(C)C)c2ccccc12.[Br-]. The van der Waals surface area contributed by atoms with Gasteiger partial charge in [-0.1, -0.05) is 94.4 Å². The molecule has 0 bridgehead atoms. The van der Waals surface area contributed by atoms with Crippen molar-refractivity contribution >= 4 is 21.8 Å². The van der Waals surface area contributed by atoms with Crippen molar-refractivity contribution in [3.63, 3.8) is 0 Å². The molecule has 0 unspecified atom stereocenters. The van der Waals surface area contributed by atoms with E-state index < -0.39 is 0 Å². The molecule has 210 valence electrons. The number of hydrogen-bond donors (Lipinski definition) is 0. The van der Waals surface area contributed by atoms with Crippen molar-refractivity contribution in [2.24, 2.45) is 11.8 Å². The molecule has 4 nitrogen and oxygen atoms in total. The highest BCUT2D eigenvalue weighted by Gasteiger charge is 2.21. The highest BCUT2D eigenvalue weighted by Crippen LogP contribution is 2.38. The van der Waals surface area contributed by atoms with Gasteiger partial charge in [0.25, 0.3) is 0 Å². The van der Waals surface area contributed by atoms with Crippen molar-refractivity contribution in [3.05, 3.63) is 102 Å². The highest BCUT2D eigenvalue weighted by molar-refractivity contribution is 5.94. The number of fused-ring (bicyclic) bond motifs is 2. The maximum Gasteiger partial charge on any atom is 0.245 e. The molecule has 1 aromatic heterocycles. The fraction of sp³-hybridized carbons (Fsp3) is 0.343. The zero-order valence-electron chi connectivity index (χ0n) is 24.1. The van der Waals surface area contributed by atoms with Crippen molar-refractivity contribution < 1.29 is 31.0 Å². The molecule has 5 aromatic rings. The second-order valence-corrected chi connectivity index (χ2v) is 11.3. The largest absolute Gasteiger partial charge is 1.00 e. The second kappa shape index (κ2) is 13.8. The van der Waals surface area contributed by atoms with Crippen LogP contribution in [0, 0.1) is 11.8 Å². The Morgan fingerprint density at radius 2 is 1.35 bits per heavy atom. The minimum atomic E-state index is 0. The summed E-state index contributed by atoms with van der Waals surface area (Å²) in [5, 5.41) is 2.23. The van der Waals surface area contributed by atoms with E-state index in [9.17, 15) is 0 Å². The number of imidazole rings is 1. The molecule has 0 radical (unpaired) electrons. The van der Waals surface area contributed by atoms with Gasteiger partial charge in [0.2, 0.25) is 6.33 Å². The molecule has 1 heterocycles. The molecule has 4 aromatic carbocycles. The molecular weight excluding hydrogens is 560 g/mol. The van der Waals surface area contributed by atoms with E-state index in [1.807, 2.05) is 0 Å². The minimum absolute atomic E-state index is 0. The highest BCUT2D eigenvalue weighted by atomic mass is 79.9. The molecule has 0 aliphatic rings. The molecular formula is C35H41BrN2O2. The Bertz CT molecular complexity index is 1530. The smallest absolute Gasteiger partial charge is 0.245 e. The monoisotopic (exact) mass is 600 g/mol. The molecule has 0 amide bonds. The summed E-state index contributed by atoms with van der Waals surface area (Å²) in [6, 6.07) is 30.0. The third kappa shape index (κ3) is 7.06. The Morgan fingerprint density at radius 3 is 2.08 bits per heavy atom. The lowest BCUT2D eigenvalue weighted by atomic mass is 10.0. The molecule has 40 heavy (non-hydrogen) atoms. The number of hydrogen-bond acceptors (Lipinski definition) is 2. The van der Waals surface area contributed by atoms with Crippen LogP contribution in [0.3, 0.4) is 0 Å².